The second-order valence-corrected chi connectivity index (χ2v) is 4.57. The molecule has 1 N–H and O–H groups in total. The summed E-state index contributed by atoms with van der Waals surface area (Å²) < 4.78 is 26.0. The summed E-state index contributed by atoms with van der Waals surface area (Å²) in [6.45, 7) is 0. The fourth-order valence-electron chi connectivity index (χ4n) is 2.33. The molecule has 92 valence electrons. The SMILES string of the molecule is O=C(O)CC(c1ccc(F)c(F)c1)C1CCC1. The van der Waals surface area contributed by atoms with Crippen LogP contribution in [-0.4, -0.2) is 11.1 Å². The van der Waals surface area contributed by atoms with E-state index in [-0.39, 0.29) is 18.3 Å². The van der Waals surface area contributed by atoms with E-state index < -0.39 is 17.6 Å². The number of halogens is 2. The molecular weight excluding hydrogens is 226 g/mol. The molecule has 2 nitrogen and oxygen atoms in total. The van der Waals surface area contributed by atoms with Gasteiger partial charge in [-0.3, -0.25) is 4.79 Å². The molecular formula is C13H14F2O2. The summed E-state index contributed by atoms with van der Waals surface area (Å²) in [5.41, 5.74) is 0.594. The maximum absolute atomic E-state index is 13.1. The zero-order chi connectivity index (χ0) is 12.4. The van der Waals surface area contributed by atoms with Crippen LogP contribution in [-0.2, 0) is 4.79 Å². The molecule has 4 heteroatoms. The quantitative estimate of drug-likeness (QED) is 0.876. The summed E-state index contributed by atoms with van der Waals surface area (Å²) in [6, 6.07) is 3.68. The van der Waals surface area contributed by atoms with Gasteiger partial charge in [0.25, 0.3) is 0 Å². The number of carboxylic acids is 1. The van der Waals surface area contributed by atoms with Gasteiger partial charge in [-0.15, -0.1) is 0 Å². The van der Waals surface area contributed by atoms with E-state index in [0.29, 0.717) is 5.56 Å². The van der Waals surface area contributed by atoms with Gasteiger partial charge in [-0.25, -0.2) is 8.78 Å². The van der Waals surface area contributed by atoms with Crippen molar-refractivity contribution in [1.29, 1.82) is 0 Å². The first-order valence-electron chi connectivity index (χ1n) is 5.74. The molecule has 1 unspecified atom stereocenters. The topological polar surface area (TPSA) is 37.3 Å². The molecule has 1 aliphatic rings. The highest BCUT2D eigenvalue weighted by Gasteiger charge is 2.30. The smallest absolute Gasteiger partial charge is 0.303 e. The average Bonchev–Trinajstić information content (AvgIpc) is 2.18. The second kappa shape index (κ2) is 4.82. The predicted octanol–water partition coefficient (Wildman–Crippen LogP) is 3.32. The van der Waals surface area contributed by atoms with Gasteiger partial charge in [-0.1, -0.05) is 12.5 Å². The fourth-order valence-corrected chi connectivity index (χ4v) is 2.33. The predicted molar refractivity (Wildman–Crippen MR) is 58.7 cm³/mol. The molecule has 0 spiro atoms. The van der Waals surface area contributed by atoms with Crippen LogP contribution in [0.2, 0.25) is 0 Å². The highest BCUT2D eigenvalue weighted by atomic mass is 19.2. The molecule has 0 saturated heterocycles. The molecule has 1 saturated carbocycles. The summed E-state index contributed by atoms with van der Waals surface area (Å²) in [5, 5.41) is 8.87. The van der Waals surface area contributed by atoms with Gasteiger partial charge < -0.3 is 5.11 Å². The van der Waals surface area contributed by atoms with Crippen LogP contribution in [0.5, 0.6) is 0 Å². The summed E-state index contributed by atoms with van der Waals surface area (Å²) >= 11 is 0. The zero-order valence-corrected chi connectivity index (χ0v) is 9.33. The average molecular weight is 240 g/mol. The minimum absolute atomic E-state index is 0.0181. The molecule has 0 amide bonds. The molecule has 1 aliphatic carbocycles. The number of carboxylic acid groups (broad SMARTS) is 1. The van der Waals surface area contributed by atoms with Gasteiger partial charge in [0, 0.05) is 0 Å². The van der Waals surface area contributed by atoms with Crippen molar-refractivity contribution in [2.24, 2.45) is 5.92 Å². The standard InChI is InChI=1S/C13H14F2O2/c14-11-5-4-9(6-12(11)15)10(7-13(16)17)8-2-1-3-8/h4-6,8,10H,1-3,7H2,(H,16,17). The van der Waals surface area contributed by atoms with Crippen LogP contribution >= 0.6 is 0 Å². The van der Waals surface area contributed by atoms with Crippen LogP contribution in [0, 0.1) is 17.6 Å². The lowest BCUT2D eigenvalue weighted by Crippen LogP contribution is -2.23. The van der Waals surface area contributed by atoms with Gasteiger partial charge in [-0.2, -0.15) is 0 Å². The number of carbonyl (C=O) groups is 1. The van der Waals surface area contributed by atoms with Gasteiger partial charge in [0.15, 0.2) is 11.6 Å². The maximum Gasteiger partial charge on any atom is 0.303 e. The molecule has 1 aromatic carbocycles. The second-order valence-electron chi connectivity index (χ2n) is 4.57. The molecule has 0 aromatic heterocycles. The lowest BCUT2D eigenvalue weighted by atomic mass is 9.72. The largest absolute Gasteiger partial charge is 0.481 e. The first kappa shape index (κ1) is 12.0. The van der Waals surface area contributed by atoms with Crippen molar-refractivity contribution >= 4 is 5.97 Å². The maximum atomic E-state index is 13.1. The van der Waals surface area contributed by atoms with E-state index in [4.69, 9.17) is 5.11 Å². The van der Waals surface area contributed by atoms with Crippen molar-refractivity contribution in [2.75, 3.05) is 0 Å². The lowest BCUT2D eigenvalue weighted by Gasteiger charge is -2.33. The molecule has 1 atom stereocenters. The van der Waals surface area contributed by atoms with Crippen LogP contribution < -0.4 is 0 Å². The lowest BCUT2D eigenvalue weighted by molar-refractivity contribution is -0.138. The fraction of sp³-hybridized carbons (Fsp3) is 0.462. The van der Waals surface area contributed by atoms with E-state index in [2.05, 4.69) is 0 Å². The van der Waals surface area contributed by atoms with Crippen LogP contribution in [0.25, 0.3) is 0 Å². The van der Waals surface area contributed by atoms with Gasteiger partial charge in [-0.05, 0) is 42.4 Å². The monoisotopic (exact) mass is 240 g/mol. The van der Waals surface area contributed by atoms with Crippen LogP contribution in [0.3, 0.4) is 0 Å². The van der Waals surface area contributed by atoms with E-state index in [1.165, 1.54) is 6.07 Å². The summed E-state index contributed by atoms with van der Waals surface area (Å²) in [5.74, 6) is -2.60. The normalized spacial score (nSPS) is 17.5. The van der Waals surface area contributed by atoms with Crippen molar-refractivity contribution < 1.29 is 18.7 Å². The van der Waals surface area contributed by atoms with E-state index in [1.807, 2.05) is 0 Å². The molecule has 2 rings (SSSR count). The number of hydrogen-bond acceptors (Lipinski definition) is 1. The molecule has 1 aromatic rings. The van der Waals surface area contributed by atoms with E-state index in [9.17, 15) is 13.6 Å². The highest BCUT2D eigenvalue weighted by molar-refractivity contribution is 5.68. The van der Waals surface area contributed by atoms with E-state index in [1.54, 1.807) is 0 Å². The van der Waals surface area contributed by atoms with Crippen LogP contribution in [0.15, 0.2) is 18.2 Å². The Balaban J connectivity index is 2.24. The molecule has 0 heterocycles. The Bertz CT molecular complexity index is 427. The summed E-state index contributed by atoms with van der Waals surface area (Å²) in [7, 11) is 0. The Morgan fingerprint density at radius 1 is 1.35 bits per heavy atom. The third kappa shape index (κ3) is 2.62. The van der Waals surface area contributed by atoms with Gasteiger partial charge in [0.1, 0.15) is 0 Å². The third-order valence-corrected chi connectivity index (χ3v) is 3.49. The minimum Gasteiger partial charge on any atom is -0.481 e. The summed E-state index contributed by atoms with van der Waals surface area (Å²) in [6.07, 6.45) is 3.01. The molecule has 0 bridgehead atoms. The highest BCUT2D eigenvalue weighted by Crippen LogP contribution is 2.41. The Hall–Kier alpha value is -1.45. The van der Waals surface area contributed by atoms with Gasteiger partial charge >= 0.3 is 5.97 Å². The Labute approximate surface area is 98.3 Å². The zero-order valence-electron chi connectivity index (χ0n) is 9.33. The van der Waals surface area contributed by atoms with Crippen LogP contribution in [0.1, 0.15) is 37.2 Å². The number of benzene rings is 1. The van der Waals surface area contributed by atoms with E-state index >= 15 is 0 Å². The third-order valence-electron chi connectivity index (χ3n) is 3.49. The minimum atomic E-state index is -0.905. The number of rotatable bonds is 4. The van der Waals surface area contributed by atoms with Crippen molar-refractivity contribution in [3.05, 3.63) is 35.4 Å². The molecule has 1 fully saturated rings. The Kier molecular flexibility index (Phi) is 3.41. The molecule has 0 aliphatic heterocycles. The molecule has 17 heavy (non-hydrogen) atoms. The Morgan fingerprint density at radius 2 is 2.06 bits per heavy atom. The van der Waals surface area contributed by atoms with Gasteiger partial charge in [0.05, 0.1) is 6.42 Å². The van der Waals surface area contributed by atoms with Crippen LogP contribution in [0.4, 0.5) is 8.78 Å². The van der Waals surface area contributed by atoms with Crippen molar-refractivity contribution in [1.82, 2.24) is 0 Å². The first-order valence-corrected chi connectivity index (χ1v) is 5.74. The van der Waals surface area contributed by atoms with Gasteiger partial charge in [0.2, 0.25) is 0 Å². The summed E-state index contributed by atoms with van der Waals surface area (Å²) in [4.78, 5) is 10.8. The first-order chi connectivity index (χ1) is 8.08. The van der Waals surface area contributed by atoms with Crippen molar-refractivity contribution in [2.45, 2.75) is 31.6 Å². The number of hydrogen-bond donors (Lipinski definition) is 1. The van der Waals surface area contributed by atoms with Crippen molar-refractivity contribution in [3.63, 3.8) is 0 Å². The Morgan fingerprint density at radius 3 is 2.53 bits per heavy atom. The van der Waals surface area contributed by atoms with E-state index in [0.717, 1.165) is 31.4 Å². The molecule has 0 radical (unpaired) electrons. The van der Waals surface area contributed by atoms with Crippen molar-refractivity contribution in [3.8, 4) is 0 Å². The number of aliphatic carboxylic acids is 1.